The van der Waals surface area contributed by atoms with Crippen molar-refractivity contribution < 1.29 is 4.79 Å². The topological polar surface area (TPSA) is 29.1 Å². The Morgan fingerprint density at radius 1 is 1.53 bits per heavy atom. The zero-order valence-corrected chi connectivity index (χ0v) is 12.8. The van der Waals surface area contributed by atoms with Crippen LogP contribution in [0.2, 0.25) is 0 Å². The van der Waals surface area contributed by atoms with Crippen LogP contribution in [0.15, 0.2) is 14.3 Å². The van der Waals surface area contributed by atoms with Gasteiger partial charge in [-0.2, -0.15) is 0 Å². The van der Waals surface area contributed by atoms with E-state index in [1.165, 1.54) is 11.3 Å². The van der Waals surface area contributed by atoms with Crippen LogP contribution in [0.25, 0.3) is 0 Å². The van der Waals surface area contributed by atoms with Crippen LogP contribution in [0, 0.1) is 0 Å². The molecular weight excluding hydrogens is 342 g/mol. The Kier molecular flexibility index (Phi) is 4.38. The highest BCUT2D eigenvalue weighted by molar-refractivity contribution is 9.13. The van der Waals surface area contributed by atoms with E-state index in [0.29, 0.717) is 0 Å². The fraction of sp³-hybridized carbons (Fsp3) is 0.500. The minimum atomic E-state index is -0.153. The van der Waals surface area contributed by atoms with Gasteiger partial charge in [0, 0.05) is 10.0 Å². The van der Waals surface area contributed by atoms with Gasteiger partial charge >= 0.3 is 0 Å². The monoisotopic (exact) mass is 353 g/mol. The Morgan fingerprint density at radius 3 is 2.53 bits per heavy atom. The summed E-state index contributed by atoms with van der Waals surface area (Å²) >= 11 is 8.17. The summed E-state index contributed by atoms with van der Waals surface area (Å²) in [5.74, 6) is -0.0155. The molecule has 5 heteroatoms. The summed E-state index contributed by atoms with van der Waals surface area (Å²) in [5.41, 5.74) is -0.153. The number of rotatable bonds is 3. The molecule has 0 aliphatic heterocycles. The first kappa shape index (κ1) is 13.2. The minimum absolute atomic E-state index is 0.0155. The maximum absolute atomic E-state index is 11.8. The summed E-state index contributed by atoms with van der Waals surface area (Å²) in [6, 6.07) is 1.83. The Bertz CT molecular complexity index is 354. The van der Waals surface area contributed by atoms with Crippen LogP contribution in [0.1, 0.15) is 36.9 Å². The van der Waals surface area contributed by atoms with E-state index >= 15 is 0 Å². The number of hydrogen-bond donors (Lipinski definition) is 1. The summed E-state index contributed by atoms with van der Waals surface area (Å²) in [4.78, 5) is 12.6. The van der Waals surface area contributed by atoms with Gasteiger partial charge in [0.05, 0.1) is 8.66 Å². The Labute approximate surface area is 111 Å². The predicted molar refractivity (Wildman–Crippen MR) is 71.6 cm³/mol. The molecule has 0 aliphatic carbocycles. The average Bonchev–Trinajstić information content (AvgIpc) is 2.47. The first-order valence-corrected chi connectivity index (χ1v) is 7.03. The Balaban J connectivity index is 2.78. The van der Waals surface area contributed by atoms with Gasteiger partial charge in [-0.05, 0) is 58.2 Å². The van der Waals surface area contributed by atoms with Gasteiger partial charge in [-0.15, -0.1) is 11.3 Å². The zero-order chi connectivity index (χ0) is 11.6. The van der Waals surface area contributed by atoms with Gasteiger partial charge in [-0.3, -0.25) is 4.79 Å². The smallest absolute Gasteiger partial charge is 0.261 e. The van der Waals surface area contributed by atoms with Gasteiger partial charge in [-0.25, -0.2) is 0 Å². The van der Waals surface area contributed by atoms with Gasteiger partial charge in [0.1, 0.15) is 0 Å². The summed E-state index contributed by atoms with van der Waals surface area (Å²) in [7, 11) is 0. The van der Waals surface area contributed by atoms with E-state index in [4.69, 9.17) is 0 Å². The SMILES string of the molecule is CCC(C)(C)NC(=O)c1cc(Br)c(Br)s1. The van der Waals surface area contributed by atoms with E-state index in [1.54, 1.807) is 0 Å². The second kappa shape index (κ2) is 4.97. The van der Waals surface area contributed by atoms with Crippen molar-refractivity contribution in [3.63, 3.8) is 0 Å². The van der Waals surface area contributed by atoms with E-state index in [9.17, 15) is 4.79 Å². The second-order valence-electron chi connectivity index (χ2n) is 3.92. The van der Waals surface area contributed by atoms with E-state index in [-0.39, 0.29) is 11.4 Å². The molecule has 0 spiro atoms. The normalized spacial score (nSPS) is 11.5. The van der Waals surface area contributed by atoms with Gasteiger partial charge in [0.2, 0.25) is 0 Å². The van der Waals surface area contributed by atoms with Crippen LogP contribution < -0.4 is 5.32 Å². The molecular formula is C10H13Br2NOS. The lowest BCUT2D eigenvalue weighted by atomic mass is 10.0. The number of thiophene rings is 1. The average molecular weight is 355 g/mol. The molecule has 84 valence electrons. The fourth-order valence-corrected chi connectivity index (χ4v) is 2.85. The van der Waals surface area contributed by atoms with Crippen molar-refractivity contribution in [1.82, 2.24) is 5.32 Å². The van der Waals surface area contributed by atoms with Crippen LogP contribution in [-0.2, 0) is 0 Å². The number of amides is 1. The highest BCUT2D eigenvalue weighted by atomic mass is 79.9. The van der Waals surface area contributed by atoms with Crippen LogP contribution in [0.3, 0.4) is 0 Å². The maximum Gasteiger partial charge on any atom is 0.261 e. The van der Waals surface area contributed by atoms with Crippen molar-refractivity contribution in [3.8, 4) is 0 Å². The summed E-state index contributed by atoms with van der Waals surface area (Å²) in [6.07, 6.45) is 0.909. The van der Waals surface area contributed by atoms with Crippen molar-refractivity contribution in [3.05, 3.63) is 19.2 Å². The molecule has 0 fully saturated rings. The van der Waals surface area contributed by atoms with E-state index in [2.05, 4.69) is 44.1 Å². The first-order chi connectivity index (χ1) is 6.85. The van der Waals surface area contributed by atoms with Gasteiger partial charge in [0.25, 0.3) is 5.91 Å². The molecule has 1 N–H and O–H groups in total. The molecule has 2 nitrogen and oxygen atoms in total. The molecule has 0 bridgehead atoms. The van der Waals surface area contributed by atoms with Crippen LogP contribution >= 0.6 is 43.2 Å². The molecule has 0 aliphatic rings. The van der Waals surface area contributed by atoms with Crippen molar-refractivity contribution in [2.45, 2.75) is 32.7 Å². The summed E-state index contributed by atoms with van der Waals surface area (Å²) in [6.45, 7) is 6.09. The third kappa shape index (κ3) is 3.57. The highest BCUT2D eigenvalue weighted by Gasteiger charge is 2.20. The largest absolute Gasteiger partial charge is 0.346 e. The van der Waals surface area contributed by atoms with Crippen LogP contribution in [0.5, 0.6) is 0 Å². The lowest BCUT2D eigenvalue weighted by molar-refractivity contribution is 0.0915. The van der Waals surface area contributed by atoms with Crippen LogP contribution in [0.4, 0.5) is 0 Å². The molecule has 0 unspecified atom stereocenters. The Morgan fingerprint density at radius 2 is 2.13 bits per heavy atom. The number of carbonyl (C=O) groups is 1. The third-order valence-corrected chi connectivity index (χ3v) is 5.46. The third-order valence-electron chi connectivity index (χ3n) is 2.20. The first-order valence-electron chi connectivity index (χ1n) is 4.63. The lowest BCUT2D eigenvalue weighted by Crippen LogP contribution is -2.42. The molecule has 0 radical (unpaired) electrons. The minimum Gasteiger partial charge on any atom is -0.346 e. The van der Waals surface area contributed by atoms with E-state index in [1.807, 2.05) is 19.9 Å². The van der Waals surface area contributed by atoms with Crippen molar-refractivity contribution >= 4 is 49.1 Å². The number of halogens is 2. The zero-order valence-electron chi connectivity index (χ0n) is 8.86. The van der Waals surface area contributed by atoms with Gasteiger partial charge in [-0.1, -0.05) is 6.92 Å². The van der Waals surface area contributed by atoms with Gasteiger partial charge < -0.3 is 5.32 Å². The van der Waals surface area contributed by atoms with Crippen molar-refractivity contribution in [2.75, 3.05) is 0 Å². The molecule has 1 rings (SSSR count). The summed E-state index contributed by atoms with van der Waals surface area (Å²) in [5, 5.41) is 2.99. The van der Waals surface area contributed by atoms with Crippen molar-refractivity contribution in [2.24, 2.45) is 0 Å². The quantitative estimate of drug-likeness (QED) is 0.866. The van der Waals surface area contributed by atoms with Crippen molar-refractivity contribution in [1.29, 1.82) is 0 Å². The van der Waals surface area contributed by atoms with Crippen LogP contribution in [-0.4, -0.2) is 11.4 Å². The highest BCUT2D eigenvalue weighted by Crippen LogP contribution is 2.32. The predicted octanol–water partition coefficient (Wildman–Crippen LogP) is 4.19. The number of carbonyl (C=O) groups excluding carboxylic acids is 1. The molecule has 1 heterocycles. The van der Waals surface area contributed by atoms with E-state index in [0.717, 1.165) is 19.6 Å². The lowest BCUT2D eigenvalue weighted by Gasteiger charge is -2.23. The Hall–Kier alpha value is 0.130. The molecule has 0 saturated carbocycles. The fourth-order valence-electron chi connectivity index (χ4n) is 0.916. The molecule has 15 heavy (non-hydrogen) atoms. The molecule has 1 amide bonds. The molecule has 1 aromatic heterocycles. The maximum atomic E-state index is 11.8. The number of hydrogen-bond acceptors (Lipinski definition) is 2. The van der Waals surface area contributed by atoms with Gasteiger partial charge in [0.15, 0.2) is 0 Å². The molecule has 0 saturated heterocycles. The summed E-state index contributed by atoms with van der Waals surface area (Å²) < 4.78 is 1.87. The molecule has 0 atom stereocenters. The molecule has 1 aromatic rings. The second-order valence-corrected chi connectivity index (χ2v) is 7.15. The standard InChI is InChI=1S/C10H13Br2NOS/c1-4-10(2,3)13-9(14)7-5-6(11)8(12)15-7/h5H,4H2,1-3H3,(H,13,14). The number of nitrogens with one attached hydrogen (secondary N) is 1. The van der Waals surface area contributed by atoms with E-state index < -0.39 is 0 Å². The molecule has 0 aromatic carbocycles.